The number of halogens is 1. The minimum absolute atomic E-state index is 0.163. The molecule has 0 saturated carbocycles. The van der Waals surface area contributed by atoms with E-state index in [9.17, 15) is 9.18 Å². The molecule has 0 radical (unpaired) electrons. The van der Waals surface area contributed by atoms with Crippen LogP contribution in [-0.4, -0.2) is 28.9 Å². The summed E-state index contributed by atoms with van der Waals surface area (Å²) in [6.45, 7) is 0.987. The van der Waals surface area contributed by atoms with E-state index < -0.39 is 0 Å². The fourth-order valence-corrected chi connectivity index (χ4v) is 4.55. The topological polar surface area (TPSA) is 32.3 Å². The number of amides is 1. The van der Waals surface area contributed by atoms with E-state index in [-0.39, 0.29) is 17.8 Å². The summed E-state index contributed by atoms with van der Waals surface area (Å²) in [5.74, 6) is -0.531. The van der Waals surface area contributed by atoms with Gasteiger partial charge in [0.2, 0.25) is 0 Å². The maximum Gasteiger partial charge on any atom is 0.251 e. The van der Waals surface area contributed by atoms with Crippen molar-refractivity contribution < 1.29 is 9.18 Å². The van der Waals surface area contributed by atoms with E-state index in [2.05, 4.69) is 40.5 Å². The first-order valence-corrected chi connectivity index (χ1v) is 9.55. The molecular weight excluding hydrogens is 327 g/mol. The Morgan fingerprint density at radius 1 is 1.04 bits per heavy atom. The number of hydrogen-bond donors (Lipinski definition) is 1. The van der Waals surface area contributed by atoms with Crippen LogP contribution in [0.25, 0.3) is 0 Å². The van der Waals surface area contributed by atoms with Gasteiger partial charge in [0.25, 0.3) is 5.91 Å². The summed E-state index contributed by atoms with van der Waals surface area (Å²) in [7, 11) is 0. The Hall–Kier alpha value is -2.20. The van der Waals surface area contributed by atoms with Crippen molar-refractivity contribution >= 4 is 5.91 Å². The molecule has 4 rings (SSSR count). The lowest BCUT2D eigenvalue weighted by molar-refractivity contribution is 0.0177. The van der Waals surface area contributed by atoms with Crippen LogP contribution in [0, 0.1) is 5.82 Å². The summed E-state index contributed by atoms with van der Waals surface area (Å²) in [4.78, 5) is 15.1. The molecule has 26 heavy (non-hydrogen) atoms. The number of nitrogens with one attached hydrogen (secondary N) is 1. The van der Waals surface area contributed by atoms with Gasteiger partial charge in [0.1, 0.15) is 5.82 Å². The molecule has 2 aliphatic rings. The van der Waals surface area contributed by atoms with Gasteiger partial charge < -0.3 is 5.32 Å². The fraction of sp³-hybridized carbons (Fsp3) is 0.409. The molecule has 0 spiro atoms. The maximum absolute atomic E-state index is 13.4. The highest BCUT2D eigenvalue weighted by Crippen LogP contribution is 2.35. The van der Waals surface area contributed by atoms with Gasteiger partial charge in [0.05, 0.1) is 0 Å². The number of piperidine rings is 2. The van der Waals surface area contributed by atoms with Crippen LogP contribution in [0.15, 0.2) is 54.6 Å². The molecule has 2 aromatic rings. The van der Waals surface area contributed by atoms with E-state index >= 15 is 0 Å². The number of benzene rings is 2. The molecule has 0 aliphatic carbocycles. The molecule has 1 amide bonds. The Kier molecular flexibility index (Phi) is 5.02. The second-order valence-electron chi connectivity index (χ2n) is 7.55. The number of carbonyl (C=O) groups excluding carboxylic acids is 1. The van der Waals surface area contributed by atoms with Gasteiger partial charge in [0.15, 0.2) is 0 Å². The molecule has 2 bridgehead atoms. The van der Waals surface area contributed by atoms with Crippen molar-refractivity contribution in [1.82, 2.24) is 10.2 Å². The molecule has 3 atom stereocenters. The van der Waals surface area contributed by atoms with Crippen molar-refractivity contribution in [1.29, 1.82) is 0 Å². The van der Waals surface area contributed by atoms with Gasteiger partial charge in [0, 0.05) is 30.2 Å². The number of carbonyl (C=O) groups is 1. The second kappa shape index (κ2) is 7.58. The van der Waals surface area contributed by atoms with Crippen LogP contribution in [0.3, 0.4) is 0 Å². The van der Waals surface area contributed by atoms with Crippen LogP contribution < -0.4 is 5.32 Å². The van der Waals surface area contributed by atoms with E-state index in [1.807, 2.05) is 0 Å². The van der Waals surface area contributed by atoms with Crippen molar-refractivity contribution in [2.75, 3.05) is 0 Å². The first-order chi connectivity index (χ1) is 12.7. The fourth-order valence-electron chi connectivity index (χ4n) is 4.55. The zero-order chi connectivity index (χ0) is 17.9. The Bertz CT molecular complexity index is 750. The summed E-state index contributed by atoms with van der Waals surface area (Å²) in [5.41, 5.74) is 1.76. The van der Waals surface area contributed by atoms with Crippen LogP contribution >= 0.6 is 0 Å². The molecule has 2 aliphatic heterocycles. The summed E-state index contributed by atoms with van der Waals surface area (Å²) >= 11 is 0. The molecule has 1 N–H and O–H groups in total. The van der Waals surface area contributed by atoms with Gasteiger partial charge in [-0.3, -0.25) is 9.69 Å². The van der Waals surface area contributed by atoms with E-state index in [1.165, 1.54) is 37.0 Å². The molecule has 1 unspecified atom stereocenters. The third-order valence-electron chi connectivity index (χ3n) is 5.76. The van der Waals surface area contributed by atoms with Gasteiger partial charge in [-0.25, -0.2) is 4.39 Å². The van der Waals surface area contributed by atoms with Crippen LogP contribution in [0.4, 0.5) is 4.39 Å². The van der Waals surface area contributed by atoms with Crippen molar-refractivity contribution in [2.45, 2.75) is 56.8 Å². The van der Waals surface area contributed by atoms with Crippen molar-refractivity contribution in [3.8, 4) is 0 Å². The van der Waals surface area contributed by atoms with E-state index in [0.29, 0.717) is 17.6 Å². The maximum atomic E-state index is 13.4. The number of fused-ring (bicyclic) bond motifs is 2. The zero-order valence-corrected chi connectivity index (χ0v) is 14.9. The summed E-state index contributed by atoms with van der Waals surface area (Å²) in [6.07, 6.45) is 5.60. The van der Waals surface area contributed by atoms with Crippen molar-refractivity contribution in [3.63, 3.8) is 0 Å². The van der Waals surface area contributed by atoms with Crippen molar-refractivity contribution in [3.05, 3.63) is 71.5 Å². The highest BCUT2D eigenvalue weighted by atomic mass is 19.1. The predicted molar refractivity (Wildman–Crippen MR) is 100 cm³/mol. The highest BCUT2D eigenvalue weighted by Gasteiger charge is 2.38. The smallest absolute Gasteiger partial charge is 0.251 e. The van der Waals surface area contributed by atoms with Gasteiger partial charge in [-0.2, -0.15) is 0 Å². The van der Waals surface area contributed by atoms with E-state index in [4.69, 9.17) is 0 Å². The van der Waals surface area contributed by atoms with Crippen LogP contribution in [-0.2, 0) is 6.54 Å². The Morgan fingerprint density at radius 3 is 2.46 bits per heavy atom. The number of nitrogens with zero attached hydrogens (tertiary/aromatic N) is 1. The zero-order valence-electron chi connectivity index (χ0n) is 14.9. The summed E-state index contributed by atoms with van der Waals surface area (Å²) in [6, 6.07) is 17.7. The Morgan fingerprint density at radius 2 is 1.77 bits per heavy atom. The quantitative estimate of drug-likeness (QED) is 0.897. The lowest BCUT2D eigenvalue weighted by Gasteiger charge is -2.49. The SMILES string of the molecule is O=C(NC1C[C@H]2CCC[C@@H](C1)N2Cc1ccccc1)c1cccc(F)c1. The van der Waals surface area contributed by atoms with Crippen molar-refractivity contribution in [2.24, 2.45) is 0 Å². The monoisotopic (exact) mass is 352 g/mol. The molecule has 2 saturated heterocycles. The standard InChI is InChI=1S/C22H25FN2O/c23-18-9-4-8-17(12-18)22(26)24-19-13-20-10-5-11-21(14-19)25(20)15-16-6-2-1-3-7-16/h1-4,6-9,12,19-21H,5,10-11,13-15H2,(H,24,26)/t19?,20-,21+. The predicted octanol–water partition coefficient (Wildman–Crippen LogP) is 4.14. The molecule has 3 nitrogen and oxygen atoms in total. The minimum atomic E-state index is -0.368. The largest absolute Gasteiger partial charge is 0.349 e. The van der Waals surface area contributed by atoms with Gasteiger partial charge in [-0.15, -0.1) is 0 Å². The van der Waals surface area contributed by atoms with Crippen LogP contribution in [0.5, 0.6) is 0 Å². The molecule has 2 heterocycles. The first-order valence-electron chi connectivity index (χ1n) is 9.55. The second-order valence-corrected chi connectivity index (χ2v) is 7.55. The molecule has 0 aromatic heterocycles. The van der Waals surface area contributed by atoms with Crippen LogP contribution in [0.2, 0.25) is 0 Å². The third-order valence-corrected chi connectivity index (χ3v) is 5.76. The molecule has 4 heteroatoms. The highest BCUT2D eigenvalue weighted by molar-refractivity contribution is 5.94. The average molecular weight is 352 g/mol. The third kappa shape index (κ3) is 3.80. The van der Waals surface area contributed by atoms with E-state index in [0.717, 1.165) is 19.4 Å². The van der Waals surface area contributed by atoms with Gasteiger partial charge in [-0.1, -0.05) is 42.8 Å². The minimum Gasteiger partial charge on any atom is -0.349 e. The van der Waals surface area contributed by atoms with E-state index in [1.54, 1.807) is 12.1 Å². The Balaban J connectivity index is 1.42. The molecular formula is C22H25FN2O. The average Bonchev–Trinajstić information content (AvgIpc) is 2.63. The molecule has 136 valence electrons. The van der Waals surface area contributed by atoms with Crippen LogP contribution in [0.1, 0.15) is 48.0 Å². The normalized spacial score (nSPS) is 25.7. The molecule has 2 aromatic carbocycles. The summed E-state index contributed by atoms with van der Waals surface area (Å²) < 4.78 is 13.4. The first kappa shape index (κ1) is 17.2. The number of rotatable bonds is 4. The summed E-state index contributed by atoms with van der Waals surface area (Å²) in [5, 5.41) is 3.14. The molecule has 2 fully saturated rings. The Labute approximate surface area is 154 Å². The lowest BCUT2D eigenvalue weighted by Crippen LogP contribution is -2.56. The number of hydrogen-bond acceptors (Lipinski definition) is 2. The van der Waals surface area contributed by atoms with Gasteiger partial charge in [-0.05, 0) is 49.4 Å². The van der Waals surface area contributed by atoms with Gasteiger partial charge >= 0.3 is 0 Å². The lowest BCUT2D eigenvalue weighted by atomic mass is 9.81.